The number of fused-ring (bicyclic) bond motifs is 1. The molecular weight excluding hydrogens is 228 g/mol. The van der Waals surface area contributed by atoms with Crippen molar-refractivity contribution in [3.63, 3.8) is 0 Å². The van der Waals surface area contributed by atoms with Gasteiger partial charge in [-0.05, 0) is 48.5 Å². The highest BCUT2D eigenvalue weighted by atomic mass is 16.5. The van der Waals surface area contributed by atoms with Crippen LogP contribution in [0, 0.1) is 0 Å². The second kappa shape index (κ2) is 4.11. The van der Waals surface area contributed by atoms with Crippen LogP contribution in [0.5, 0.6) is 11.5 Å². The fourth-order valence-electron chi connectivity index (χ4n) is 1.92. The monoisotopic (exact) mass is 240 g/mol. The average Bonchev–Trinajstić information content (AvgIpc) is 2.82. The van der Waals surface area contributed by atoms with E-state index in [1.807, 2.05) is 36.4 Å². The van der Waals surface area contributed by atoms with Gasteiger partial charge in [0.05, 0.1) is 7.11 Å². The molecule has 0 radical (unpaired) electrons. The molecule has 3 nitrogen and oxygen atoms in total. The van der Waals surface area contributed by atoms with Gasteiger partial charge >= 0.3 is 0 Å². The molecule has 0 atom stereocenters. The predicted molar refractivity (Wildman–Crippen MR) is 69.9 cm³/mol. The Hall–Kier alpha value is -2.42. The predicted octanol–water partition coefficient (Wildman–Crippen LogP) is 3.81. The highest BCUT2D eigenvalue weighted by molar-refractivity contribution is 5.84. The largest absolute Gasteiger partial charge is 0.508 e. The minimum absolute atomic E-state index is 0.247. The molecule has 1 heterocycles. The maximum absolute atomic E-state index is 9.26. The lowest BCUT2D eigenvalue weighted by Crippen LogP contribution is -1.79. The Bertz CT molecular complexity index is 681. The van der Waals surface area contributed by atoms with Crippen LogP contribution in [0.1, 0.15) is 0 Å². The van der Waals surface area contributed by atoms with Gasteiger partial charge in [-0.1, -0.05) is 0 Å². The van der Waals surface area contributed by atoms with Gasteiger partial charge < -0.3 is 14.3 Å². The third-order valence-corrected chi connectivity index (χ3v) is 2.88. The summed E-state index contributed by atoms with van der Waals surface area (Å²) in [6.07, 6.45) is 0. The fraction of sp³-hybridized carbons (Fsp3) is 0.0667. The van der Waals surface area contributed by atoms with Crippen LogP contribution in [0.4, 0.5) is 0 Å². The molecule has 2 aromatic carbocycles. The Kier molecular flexibility index (Phi) is 2.45. The third kappa shape index (κ3) is 1.80. The van der Waals surface area contributed by atoms with Gasteiger partial charge in [-0.2, -0.15) is 0 Å². The van der Waals surface area contributed by atoms with Gasteiger partial charge in [0, 0.05) is 10.9 Å². The lowest BCUT2D eigenvalue weighted by molar-refractivity contribution is 0.415. The van der Waals surface area contributed by atoms with Crippen LogP contribution in [0.15, 0.2) is 52.9 Å². The first kappa shape index (κ1) is 10.7. The molecule has 0 saturated heterocycles. The summed E-state index contributed by atoms with van der Waals surface area (Å²) in [5.74, 6) is 1.83. The summed E-state index contributed by atoms with van der Waals surface area (Å²) < 4.78 is 10.9. The number of phenolic OH excluding ortho intramolecular Hbond substituents is 1. The maximum Gasteiger partial charge on any atom is 0.135 e. The first-order valence-electron chi connectivity index (χ1n) is 5.63. The molecule has 0 amide bonds. The van der Waals surface area contributed by atoms with E-state index < -0.39 is 0 Å². The van der Waals surface area contributed by atoms with Gasteiger partial charge in [0.2, 0.25) is 0 Å². The zero-order valence-corrected chi connectivity index (χ0v) is 9.88. The van der Waals surface area contributed by atoms with Crippen LogP contribution in [0.2, 0.25) is 0 Å². The van der Waals surface area contributed by atoms with Gasteiger partial charge in [0.15, 0.2) is 0 Å². The van der Waals surface area contributed by atoms with Gasteiger partial charge in [-0.25, -0.2) is 0 Å². The first-order valence-corrected chi connectivity index (χ1v) is 5.63. The minimum Gasteiger partial charge on any atom is -0.508 e. The van der Waals surface area contributed by atoms with Crippen molar-refractivity contribution in [1.82, 2.24) is 0 Å². The molecular formula is C15H12O3. The number of aromatic hydroxyl groups is 1. The Morgan fingerprint density at radius 2 is 1.78 bits per heavy atom. The SMILES string of the molecule is COc1ccc2oc(-c3ccc(O)cc3)cc2c1. The summed E-state index contributed by atoms with van der Waals surface area (Å²) in [6.45, 7) is 0. The van der Waals surface area contributed by atoms with E-state index in [1.54, 1.807) is 19.2 Å². The first-order chi connectivity index (χ1) is 8.76. The summed E-state index contributed by atoms with van der Waals surface area (Å²) in [5, 5.41) is 10.3. The molecule has 3 rings (SSSR count). The van der Waals surface area contributed by atoms with Crippen LogP contribution >= 0.6 is 0 Å². The Balaban J connectivity index is 2.10. The van der Waals surface area contributed by atoms with Crippen molar-refractivity contribution in [2.45, 2.75) is 0 Å². The van der Waals surface area contributed by atoms with E-state index in [0.717, 1.165) is 28.0 Å². The van der Waals surface area contributed by atoms with E-state index in [0.29, 0.717) is 0 Å². The van der Waals surface area contributed by atoms with Gasteiger partial charge in [-0.3, -0.25) is 0 Å². The molecule has 0 bridgehead atoms. The van der Waals surface area contributed by atoms with E-state index in [9.17, 15) is 5.11 Å². The maximum atomic E-state index is 9.26. The van der Waals surface area contributed by atoms with Crippen LogP contribution in [0.25, 0.3) is 22.3 Å². The molecule has 0 unspecified atom stereocenters. The zero-order valence-electron chi connectivity index (χ0n) is 9.88. The van der Waals surface area contributed by atoms with Crippen LogP contribution in [0.3, 0.4) is 0 Å². The molecule has 3 aromatic rings. The number of furan rings is 1. The Morgan fingerprint density at radius 1 is 1.00 bits per heavy atom. The van der Waals surface area contributed by atoms with E-state index in [1.165, 1.54) is 0 Å². The van der Waals surface area contributed by atoms with Crippen LogP contribution < -0.4 is 4.74 Å². The standard InChI is InChI=1S/C15H12O3/c1-17-13-6-7-14-11(8-13)9-15(18-14)10-2-4-12(16)5-3-10/h2-9,16H,1H3. The Morgan fingerprint density at radius 3 is 2.50 bits per heavy atom. The molecule has 18 heavy (non-hydrogen) atoms. The molecule has 0 spiro atoms. The summed E-state index contributed by atoms with van der Waals surface area (Å²) in [7, 11) is 1.64. The van der Waals surface area contributed by atoms with Gasteiger partial charge in [0.1, 0.15) is 22.8 Å². The lowest BCUT2D eigenvalue weighted by Gasteiger charge is -1.96. The molecule has 0 aliphatic heterocycles. The van der Waals surface area contributed by atoms with Crippen LogP contribution in [-0.2, 0) is 0 Å². The van der Waals surface area contributed by atoms with Crippen molar-refractivity contribution in [1.29, 1.82) is 0 Å². The van der Waals surface area contributed by atoms with E-state index in [4.69, 9.17) is 9.15 Å². The number of rotatable bonds is 2. The summed E-state index contributed by atoms with van der Waals surface area (Å²) in [4.78, 5) is 0. The number of hydrogen-bond acceptors (Lipinski definition) is 3. The normalized spacial score (nSPS) is 10.7. The number of ether oxygens (including phenoxy) is 1. The number of hydrogen-bond donors (Lipinski definition) is 1. The van der Waals surface area contributed by atoms with Gasteiger partial charge in [0.25, 0.3) is 0 Å². The molecule has 0 aliphatic rings. The van der Waals surface area contributed by atoms with E-state index in [-0.39, 0.29) is 5.75 Å². The highest BCUT2D eigenvalue weighted by Gasteiger charge is 2.07. The molecule has 0 aliphatic carbocycles. The summed E-state index contributed by atoms with van der Waals surface area (Å²) in [5.41, 5.74) is 1.75. The van der Waals surface area contributed by atoms with Crippen molar-refractivity contribution in [2.24, 2.45) is 0 Å². The number of methoxy groups -OCH3 is 1. The smallest absolute Gasteiger partial charge is 0.135 e. The van der Waals surface area contributed by atoms with Crippen molar-refractivity contribution in [3.05, 3.63) is 48.5 Å². The topological polar surface area (TPSA) is 42.6 Å². The quantitative estimate of drug-likeness (QED) is 0.740. The van der Waals surface area contributed by atoms with Crippen molar-refractivity contribution in [2.75, 3.05) is 7.11 Å². The molecule has 3 heteroatoms. The molecule has 0 fully saturated rings. The second-order valence-electron chi connectivity index (χ2n) is 4.06. The van der Waals surface area contributed by atoms with Crippen molar-refractivity contribution < 1.29 is 14.3 Å². The highest BCUT2D eigenvalue weighted by Crippen LogP contribution is 2.30. The fourth-order valence-corrected chi connectivity index (χ4v) is 1.92. The second-order valence-corrected chi connectivity index (χ2v) is 4.06. The third-order valence-electron chi connectivity index (χ3n) is 2.88. The lowest BCUT2D eigenvalue weighted by atomic mass is 10.1. The average molecular weight is 240 g/mol. The summed E-state index contributed by atoms with van der Waals surface area (Å²) >= 11 is 0. The van der Waals surface area contributed by atoms with Crippen LogP contribution in [-0.4, -0.2) is 12.2 Å². The number of phenols is 1. The van der Waals surface area contributed by atoms with E-state index in [2.05, 4.69) is 0 Å². The molecule has 0 saturated carbocycles. The Labute approximate surface area is 104 Å². The molecule has 1 N–H and O–H groups in total. The van der Waals surface area contributed by atoms with E-state index >= 15 is 0 Å². The molecule has 90 valence electrons. The van der Waals surface area contributed by atoms with Crippen molar-refractivity contribution in [3.8, 4) is 22.8 Å². The zero-order chi connectivity index (χ0) is 12.5. The summed E-state index contributed by atoms with van der Waals surface area (Å²) in [6, 6.07) is 14.6. The minimum atomic E-state index is 0.247. The van der Waals surface area contributed by atoms with Gasteiger partial charge in [-0.15, -0.1) is 0 Å². The van der Waals surface area contributed by atoms with Crippen molar-refractivity contribution >= 4 is 11.0 Å². The number of benzene rings is 2. The molecule has 1 aromatic heterocycles.